The Labute approximate surface area is 127 Å². The summed E-state index contributed by atoms with van der Waals surface area (Å²) >= 11 is 0. The second kappa shape index (κ2) is 6.14. The fraction of sp³-hybridized carbons (Fsp3) is 0.647. The van der Waals surface area contributed by atoms with E-state index in [0.29, 0.717) is 0 Å². The molecule has 0 spiro atoms. The van der Waals surface area contributed by atoms with Crippen LogP contribution in [0.3, 0.4) is 0 Å². The summed E-state index contributed by atoms with van der Waals surface area (Å²) in [6, 6.07) is 10.6. The van der Waals surface area contributed by atoms with Gasteiger partial charge in [0.2, 0.25) is 6.54 Å². The Morgan fingerprint density at radius 2 is 1.71 bits per heavy atom. The highest BCUT2D eigenvalue weighted by Gasteiger charge is 2.46. The summed E-state index contributed by atoms with van der Waals surface area (Å²) in [5.41, 5.74) is 1.25. The standard InChI is InChI=1S/C17H26N2O2/c1-4-16(14-19(20)21)10-12-17(13-11-16,18(2)3)15-8-6-5-7-9-15/h5-9H,4,10-14H2,1-3H3. The maximum atomic E-state index is 11.0. The predicted octanol–water partition coefficient (Wildman–Crippen LogP) is 3.69. The van der Waals surface area contributed by atoms with Crippen LogP contribution in [0.4, 0.5) is 0 Å². The second-order valence-electron chi connectivity index (χ2n) is 6.64. The van der Waals surface area contributed by atoms with Gasteiger partial charge in [0.05, 0.1) is 0 Å². The normalized spacial score (nSPS) is 29.5. The summed E-state index contributed by atoms with van der Waals surface area (Å²) in [5, 5.41) is 11.0. The van der Waals surface area contributed by atoms with Crippen molar-refractivity contribution in [2.75, 3.05) is 20.6 Å². The highest BCUT2D eigenvalue weighted by Crippen LogP contribution is 2.49. The van der Waals surface area contributed by atoms with Crippen molar-refractivity contribution in [3.05, 3.63) is 46.0 Å². The number of benzene rings is 1. The lowest BCUT2D eigenvalue weighted by atomic mass is 9.63. The first-order chi connectivity index (χ1) is 9.94. The molecule has 1 saturated carbocycles. The van der Waals surface area contributed by atoms with E-state index in [-0.39, 0.29) is 22.4 Å². The number of nitrogens with zero attached hydrogens (tertiary/aromatic N) is 2. The molecule has 0 N–H and O–H groups in total. The van der Waals surface area contributed by atoms with Crippen LogP contribution in [0.2, 0.25) is 0 Å². The van der Waals surface area contributed by atoms with Gasteiger partial charge in [-0.3, -0.25) is 15.0 Å². The fourth-order valence-corrected chi connectivity index (χ4v) is 3.83. The van der Waals surface area contributed by atoms with Gasteiger partial charge in [-0.05, 0) is 51.8 Å². The molecule has 1 fully saturated rings. The van der Waals surface area contributed by atoms with Gasteiger partial charge >= 0.3 is 0 Å². The Morgan fingerprint density at radius 1 is 1.14 bits per heavy atom. The highest BCUT2D eigenvalue weighted by atomic mass is 16.6. The lowest BCUT2D eigenvalue weighted by molar-refractivity contribution is -0.499. The molecule has 0 atom stereocenters. The summed E-state index contributed by atoms with van der Waals surface area (Å²) in [6.07, 6.45) is 4.73. The number of nitro groups is 1. The van der Waals surface area contributed by atoms with Gasteiger partial charge in [-0.2, -0.15) is 0 Å². The first-order valence-electron chi connectivity index (χ1n) is 7.79. The average Bonchev–Trinajstić information content (AvgIpc) is 2.48. The van der Waals surface area contributed by atoms with Crippen molar-refractivity contribution in [1.29, 1.82) is 0 Å². The Bertz CT molecular complexity index is 477. The molecule has 4 heteroatoms. The molecule has 4 nitrogen and oxygen atoms in total. The van der Waals surface area contributed by atoms with Crippen LogP contribution in [0.15, 0.2) is 30.3 Å². The van der Waals surface area contributed by atoms with Gasteiger partial charge in [0.15, 0.2) is 0 Å². The fourth-order valence-electron chi connectivity index (χ4n) is 3.83. The number of hydrogen-bond donors (Lipinski definition) is 0. The van der Waals surface area contributed by atoms with Gasteiger partial charge in [-0.15, -0.1) is 0 Å². The number of rotatable bonds is 5. The van der Waals surface area contributed by atoms with Crippen LogP contribution in [0.25, 0.3) is 0 Å². The second-order valence-corrected chi connectivity index (χ2v) is 6.64. The molecule has 1 aliphatic carbocycles. The smallest absolute Gasteiger partial charge is 0.209 e. The summed E-state index contributed by atoms with van der Waals surface area (Å²) in [7, 11) is 4.25. The minimum atomic E-state index is -0.130. The SMILES string of the molecule is CCC1(C[N+](=O)[O-])CCC(c2ccccc2)(N(C)C)CC1. The van der Waals surface area contributed by atoms with Crippen LogP contribution in [0, 0.1) is 15.5 Å². The van der Waals surface area contributed by atoms with E-state index < -0.39 is 0 Å². The Balaban J connectivity index is 2.24. The maximum Gasteiger partial charge on any atom is 0.209 e. The molecule has 0 radical (unpaired) electrons. The first kappa shape index (κ1) is 16.0. The van der Waals surface area contributed by atoms with E-state index in [9.17, 15) is 10.1 Å². The summed E-state index contributed by atoms with van der Waals surface area (Å²) in [4.78, 5) is 13.2. The molecule has 2 rings (SSSR count). The quantitative estimate of drug-likeness (QED) is 0.613. The zero-order valence-corrected chi connectivity index (χ0v) is 13.3. The molecule has 0 aliphatic heterocycles. The van der Waals surface area contributed by atoms with Gasteiger partial charge in [-0.25, -0.2) is 0 Å². The number of hydrogen-bond acceptors (Lipinski definition) is 3. The Hall–Kier alpha value is -1.42. The molecular weight excluding hydrogens is 264 g/mol. The van der Waals surface area contributed by atoms with Crippen molar-refractivity contribution in [2.45, 2.75) is 44.6 Å². The van der Waals surface area contributed by atoms with E-state index in [0.717, 1.165) is 32.1 Å². The molecule has 0 amide bonds. The van der Waals surface area contributed by atoms with E-state index in [1.807, 2.05) is 6.07 Å². The van der Waals surface area contributed by atoms with E-state index in [4.69, 9.17) is 0 Å². The topological polar surface area (TPSA) is 46.4 Å². The summed E-state index contributed by atoms with van der Waals surface area (Å²) in [6.45, 7) is 2.20. The lowest BCUT2D eigenvalue weighted by Crippen LogP contribution is -2.48. The van der Waals surface area contributed by atoms with Gasteiger partial charge in [-0.1, -0.05) is 37.3 Å². The van der Waals surface area contributed by atoms with Crippen molar-refractivity contribution in [3.63, 3.8) is 0 Å². The zero-order chi connectivity index (χ0) is 15.5. The third kappa shape index (κ3) is 3.10. The monoisotopic (exact) mass is 290 g/mol. The van der Waals surface area contributed by atoms with Crippen molar-refractivity contribution < 1.29 is 4.92 Å². The van der Waals surface area contributed by atoms with Crippen molar-refractivity contribution in [2.24, 2.45) is 5.41 Å². The molecule has 1 aliphatic rings. The van der Waals surface area contributed by atoms with Gasteiger partial charge in [0.1, 0.15) is 0 Å². The molecule has 0 heterocycles. The molecular formula is C17H26N2O2. The predicted molar refractivity (Wildman–Crippen MR) is 84.9 cm³/mol. The third-order valence-corrected chi connectivity index (χ3v) is 5.52. The summed E-state index contributed by atoms with van der Waals surface area (Å²) < 4.78 is 0. The molecule has 0 bridgehead atoms. The van der Waals surface area contributed by atoms with Gasteiger partial charge in [0, 0.05) is 15.9 Å². The van der Waals surface area contributed by atoms with Crippen molar-refractivity contribution in [3.8, 4) is 0 Å². The Morgan fingerprint density at radius 3 is 2.14 bits per heavy atom. The van der Waals surface area contributed by atoms with Gasteiger partial charge in [0.25, 0.3) is 0 Å². The zero-order valence-electron chi connectivity index (χ0n) is 13.3. The van der Waals surface area contributed by atoms with E-state index in [1.54, 1.807) is 0 Å². The van der Waals surface area contributed by atoms with Gasteiger partial charge < -0.3 is 0 Å². The largest absolute Gasteiger partial charge is 0.300 e. The molecule has 0 aromatic heterocycles. The van der Waals surface area contributed by atoms with Crippen LogP contribution < -0.4 is 0 Å². The van der Waals surface area contributed by atoms with E-state index in [1.165, 1.54) is 5.56 Å². The van der Waals surface area contributed by atoms with Crippen LogP contribution in [0.5, 0.6) is 0 Å². The minimum absolute atomic E-state index is 0.0243. The van der Waals surface area contributed by atoms with Crippen molar-refractivity contribution in [1.82, 2.24) is 4.90 Å². The van der Waals surface area contributed by atoms with Crippen molar-refractivity contribution >= 4 is 0 Å². The van der Waals surface area contributed by atoms with E-state index in [2.05, 4.69) is 50.2 Å². The molecule has 21 heavy (non-hydrogen) atoms. The minimum Gasteiger partial charge on any atom is -0.300 e. The molecule has 0 unspecified atom stereocenters. The highest BCUT2D eigenvalue weighted by molar-refractivity contribution is 5.25. The molecule has 0 saturated heterocycles. The molecule has 116 valence electrons. The lowest BCUT2D eigenvalue weighted by Gasteiger charge is -2.48. The van der Waals surface area contributed by atoms with Crippen LogP contribution in [-0.4, -0.2) is 30.5 Å². The summed E-state index contributed by atoms with van der Waals surface area (Å²) in [5.74, 6) is 0. The van der Waals surface area contributed by atoms with E-state index >= 15 is 0 Å². The van der Waals surface area contributed by atoms with Crippen LogP contribution >= 0.6 is 0 Å². The average molecular weight is 290 g/mol. The first-order valence-corrected chi connectivity index (χ1v) is 7.79. The maximum absolute atomic E-state index is 11.0. The van der Waals surface area contributed by atoms with Crippen LogP contribution in [-0.2, 0) is 5.54 Å². The molecule has 1 aromatic carbocycles. The van der Waals surface area contributed by atoms with Crippen LogP contribution in [0.1, 0.15) is 44.6 Å². The molecule has 1 aromatic rings. The third-order valence-electron chi connectivity index (χ3n) is 5.52. The Kier molecular flexibility index (Phi) is 4.67.